The predicted octanol–water partition coefficient (Wildman–Crippen LogP) is 0.400. The Labute approximate surface area is 94.9 Å². The lowest BCUT2D eigenvalue weighted by atomic mass is 10.1. The van der Waals surface area contributed by atoms with Crippen LogP contribution >= 0.6 is 0 Å². The highest BCUT2D eigenvalue weighted by Crippen LogP contribution is 2.23. The number of hydrogen-bond acceptors (Lipinski definition) is 4. The molecule has 2 N–H and O–H groups in total. The van der Waals surface area contributed by atoms with E-state index < -0.39 is 6.10 Å². The van der Waals surface area contributed by atoms with Crippen LogP contribution in [-0.2, 0) is 13.0 Å². The van der Waals surface area contributed by atoms with E-state index in [0.717, 1.165) is 44.0 Å². The molecule has 5 heteroatoms. The Morgan fingerprint density at radius 1 is 1.38 bits per heavy atom. The highest BCUT2D eigenvalue weighted by atomic mass is 16.3. The number of aromatic nitrogens is 3. The largest absolute Gasteiger partial charge is 0.385 e. The maximum absolute atomic E-state index is 9.80. The molecule has 0 bridgehead atoms. The summed E-state index contributed by atoms with van der Waals surface area (Å²) in [5.74, 6) is 1.65. The van der Waals surface area contributed by atoms with Crippen molar-refractivity contribution in [3.63, 3.8) is 0 Å². The summed E-state index contributed by atoms with van der Waals surface area (Å²) in [7, 11) is 0. The average molecular weight is 222 g/mol. The van der Waals surface area contributed by atoms with E-state index in [0.29, 0.717) is 6.04 Å². The summed E-state index contributed by atoms with van der Waals surface area (Å²) in [4.78, 5) is 4.46. The Morgan fingerprint density at radius 3 is 3.06 bits per heavy atom. The first kappa shape index (κ1) is 10.2. The van der Waals surface area contributed by atoms with Gasteiger partial charge < -0.3 is 10.4 Å². The average Bonchev–Trinajstić information content (AvgIpc) is 2.88. The minimum atomic E-state index is -0.411. The first-order valence-electron chi connectivity index (χ1n) is 6.18. The molecule has 0 aliphatic carbocycles. The first-order chi connectivity index (χ1) is 7.83. The molecule has 0 amide bonds. The Bertz CT molecular complexity index is 370. The van der Waals surface area contributed by atoms with Gasteiger partial charge in [-0.25, -0.2) is 9.67 Å². The molecule has 16 heavy (non-hydrogen) atoms. The summed E-state index contributed by atoms with van der Waals surface area (Å²) >= 11 is 0. The smallest absolute Gasteiger partial charge is 0.156 e. The van der Waals surface area contributed by atoms with E-state index in [1.807, 2.05) is 4.68 Å². The second-order valence-corrected chi connectivity index (χ2v) is 4.76. The van der Waals surface area contributed by atoms with Crippen molar-refractivity contribution in [2.24, 2.45) is 0 Å². The van der Waals surface area contributed by atoms with Crippen LogP contribution in [-0.4, -0.2) is 32.5 Å². The summed E-state index contributed by atoms with van der Waals surface area (Å²) in [6.07, 6.45) is 4.77. The van der Waals surface area contributed by atoms with Gasteiger partial charge in [0.1, 0.15) is 6.10 Å². The quantitative estimate of drug-likeness (QED) is 0.760. The molecule has 0 aromatic carbocycles. The van der Waals surface area contributed by atoms with Crippen molar-refractivity contribution < 1.29 is 5.11 Å². The number of aliphatic hydroxyl groups is 1. The number of nitrogens with one attached hydrogen (secondary N) is 1. The van der Waals surface area contributed by atoms with Crippen LogP contribution in [0.2, 0.25) is 0 Å². The van der Waals surface area contributed by atoms with Crippen LogP contribution in [0.25, 0.3) is 0 Å². The number of hydrogen-bond donors (Lipinski definition) is 2. The molecule has 2 aliphatic heterocycles. The van der Waals surface area contributed by atoms with E-state index >= 15 is 0 Å². The van der Waals surface area contributed by atoms with Crippen LogP contribution in [0.15, 0.2) is 0 Å². The molecular formula is C11H18N4O. The third kappa shape index (κ3) is 1.85. The number of fused-ring (bicyclic) bond motifs is 1. The molecule has 2 unspecified atom stereocenters. The standard InChI is InChI=1S/C11H18N4O/c16-9-4-2-6-15-11(9)13-10(14-15)7-8-3-1-5-12-8/h8-9,12,16H,1-7H2. The van der Waals surface area contributed by atoms with Gasteiger partial charge in [-0.15, -0.1) is 0 Å². The maximum Gasteiger partial charge on any atom is 0.156 e. The monoisotopic (exact) mass is 222 g/mol. The lowest BCUT2D eigenvalue weighted by Gasteiger charge is -2.16. The minimum absolute atomic E-state index is 0.411. The van der Waals surface area contributed by atoms with Crippen molar-refractivity contribution in [3.05, 3.63) is 11.6 Å². The number of nitrogens with zero attached hydrogens (tertiary/aromatic N) is 3. The van der Waals surface area contributed by atoms with Gasteiger partial charge in [-0.1, -0.05) is 0 Å². The molecule has 5 nitrogen and oxygen atoms in total. The van der Waals surface area contributed by atoms with Crippen LogP contribution in [0.1, 0.15) is 43.4 Å². The van der Waals surface area contributed by atoms with Crippen molar-refractivity contribution >= 4 is 0 Å². The zero-order valence-corrected chi connectivity index (χ0v) is 9.39. The fraction of sp³-hybridized carbons (Fsp3) is 0.818. The number of aliphatic hydroxyl groups excluding tert-OH is 1. The van der Waals surface area contributed by atoms with Gasteiger partial charge in [0.25, 0.3) is 0 Å². The van der Waals surface area contributed by atoms with Crippen LogP contribution in [0, 0.1) is 0 Å². The molecular weight excluding hydrogens is 204 g/mol. The fourth-order valence-corrected chi connectivity index (χ4v) is 2.62. The van der Waals surface area contributed by atoms with E-state index in [9.17, 15) is 5.11 Å². The molecule has 2 atom stereocenters. The van der Waals surface area contributed by atoms with Gasteiger partial charge in [0, 0.05) is 19.0 Å². The summed E-state index contributed by atoms with van der Waals surface area (Å²) in [6, 6.07) is 0.529. The van der Waals surface area contributed by atoms with Gasteiger partial charge in [-0.3, -0.25) is 0 Å². The van der Waals surface area contributed by atoms with Crippen LogP contribution in [0.4, 0.5) is 0 Å². The lowest BCUT2D eigenvalue weighted by molar-refractivity contribution is 0.130. The molecule has 1 saturated heterocycles. The second kappa shape index (κ2) is 4.14. The predicted molar refractivity (Wildman–Crippen MR) is 58.9 cm³/mol. The Hall–Kier alpha value is -0.940. The Kier molecular flexibility index (Phi) is 2.65. The van der Waals surface area contributed by atoms with E-state index in [1.165, 1.54) is 12.8 Å². The van der Waals surface area contributed by atoms with Gasteiger partial charge in [0.15, 0.2) is 11.6 Å². The third-order valence-electron chi connectivity index (χ3n) is 3.48. The molecule has 1 aromatic rings. The second-order valence-electron chi connectivity index (χ2n) is 4.76. The molecule has 88 valence electrons. The first-order valence-corrected chi connectivity index (χ1v) is 6.18. The number of rotatable bonds is 2. The topological polar surface area (TPSA) is 63.0 Å². The maximum atomic E-state index is 9.80. The fourth-order valence-electron chi connectivity index (χ4n) is 2.62. The van der Waals surface area contributed by atoms with E-state index in [2.05, 4.69) is 15.4 Å². The Morgan fingerprint density at radius 2 is 2.31 bits per heavy atom. The van der Waals surface area contributed by atoms with E-state index in [4.69, 9.17) is 0 Å². The van der Waals surface area contributed by atoms with Crippen LogP contribution < -0.4 is 5.32 Å². The number of aryl methyl sites for hydroxylation is 1. The molecule has 3 rings (SSSR count). The van der Waals surface area contributed by atoms with Crippen molar-refractivity contribution in [1.82, 2.24) is 20.1 Å². The van der Waals surface area contributed by atoms with Crippen molar-refractivity contribution in [1.29, 1.82) is 0 Å². The summed E-state index contributed by atoms with van der Waals surface area (Å²) in [5, 5.41) is 17.7. The molecule has 0 spiro atoms. The van der Waals surface area contributed by atoms with Crippen LogP contribution in [0.5, 0.6) is 0 Å². The van der Waals surface area contributed by atoms with E-state index in [-0.39, 0.29) is 0 Å². The van der Waals surface area contributed by atoms with Crippen molar-refractivity contribution in [2.45, 2.75) is 50.8 Å². The van der Waals surface area contributed by atoms with Gasteiger partial charge in [0.2, 0.25) is 0 Å². The summed E-state index contributed by atoms with van der Waals surface area (Å²) in [5.41, 5.74) is 0. The molecule has 3 heterocycles. The molecule has 1 fully saturated rings. The third-order valence-corrected chi connectivity index (χ3v) is 3.48. The van der Waals surface area contributed by atoms with Gasteiger partial charge >= 0.3 is 0 Å². The molecule has 1 aromatic heterocycles. The zero-order valence-electron chi connectivity index (χ0n) is 9.39. The zero-order chi connectivity index (χ0) is 11.0. The summed E-state index contributed by atoms with van der Waals surface area (Å²) < 4.78 is 1.87. The molecule has 0 saturated carbocycles. The Balaban J connectivity index is 1.75. The normalized spacial score (nSPS) is 29.3. The molecule has 0 radical (unpaired) electrons. The van der Waals surface area contributed by atoms with Crippen LogP contribution in [0.3, 0.4) is 0 Å². The van der Waals surface area contributed by atoms with E-state index in [1.54, 1.807) is 0 Å². The highest BCUT2D eigenvalue weighted by Gasteiger charge is 2.23. The SMILES string of the molecule is OC1CCCn2nc(CC3CCCN3)nc21. The summed E-state index contributed by atoms with van der Waals surface area (Å²) in [6.45, 7) is 2.01. The van der Waals surface area contributed by atoms with Crippen molar-refractivity contribution in [3.8, 4) is 0 Å². The molecule has 2 aliphatic rings. The van der Waals surface area contributed by atoms with Gasteiger partial charge in [-0.2, -0.15) is 5.10 Å². The highest BCUT2D eigenvalue weighted by molar-refractivity contribution is 5.01. The van der Waals surface area contributed by atoms with Gasteiger partial charge in [-0.05, 0) is 32.2 Å². The minimum Gasteiger partial charge on any atom is -0.385 e. The van der Waals surface area contributed by atoms with Crippen molar-refractivity contribution in [2.75, 3.05) is 6.54 Å². The lowest BCUT2D eigenvalue weighted by Crippen LogP contribution is -2.24. The van der Waals surface area contributed by atoms with Gasteiger partial charge in [0.05, 0.1) is 0 Å².